The lowest BCUT2D eigenvalue weighted by Crippen LogP contribution is -2.04. The van der Waals surface area contributed by atoms with Crippen molar-refractivity contribution in [2.24, 2.45) is 0 Å². The molecule has 0 bridgehead atoms. The van der Waals surface area contributed by atoms with Gasteiger partial charge in [0.1, 0.15) is 11.9 Å². The lowest BCUT2D eigenvalue weighted by atomic mass is 10.0. The van der Waals surface area contributed by atoms with E-state index in [1.54, 1.807) is 18.2 Å². The fourth-order valence-electron chi connectivity index (χ4n) is 1.88. The zero-order chi connectivity index (χ0) is 14.7. The molecule has 0 amide bonds. The first kappa shape index (κ1) is 15.6. The molecule has 2 aromatic carbocycles. The molecular formula is C15H13BrCl2O2. The number of ether oxygens (including phenoxy) is 1. The maximum Gasteiger partial charge on any atom is 0.125 e. The Kier molecular flexibility index (Phi) is 5.33. The minimum absolute atomic E-state index is 0.413. The van der Waals surface area contributed by atoms with E-state index in [0.29, 0.717) is 33.5 Å². The standard InChI is InChI=1S/C15H13BrCl2O2/c1-2-20-14-6-4-10(16)8-11(14)15(19)9-3-5-12(17)13(18)7-9/h3-8,15,19H,2H2,1H3. The first-order chi connectivity index (χ1) is 9.52. The molecule has 0 heterocycles. The molecule has 0 aliphatic carbocycles. The SMILES string of the molecule is CCOc1ccc(Br)cc1C(O)c1ccc(Cl)c(Cl)c1. The summed E-state index contributed by atoms with van der Waals surface area (Å²) in [6, 6.07) is 10.6. The predicted octanol–water partition coefficient (Wildman–Crippen LogP) is 5.24. The van der Waals surface area contributed by atoms with Crippen LogP contribution in [0.5, 0.6) is 5.75 Å². The van der Waals surface area contributed by atoms with Crippen molar-refractivity contribution >= 4 is 39.1 Å². The fourth-order valence-corrected chi connectivity index (χ4v) is 2.57. The Balaban J connectivity index is 2.43. The van der Waals surface area contributed by atoms with E-state index in [1.165, 1.54) is 0 Å². The number of aliphatic hydroxyl groups is 1. The highest BCUT2D eigenvalue weighted by Gasteiger charge is 2.17. The first-order valence-corrected chi connectivity index (χ1v) is 7.63. The van der Waals surface area contributed by atoms with Crippen LogP contribution < -0.4 is 4.74 Å². The number of hydrogen-bond donors (Lipinski definition) is 1. The molecule has 1 N–H and O–H groups in total. The van der Waals surface area contributed by atoms with Crippen LogP contribution in [-0.2, 0) is 0 Å². The molecule has 5 heteroatoms. The zero-order valence-electron chi connectivity index (χ0n) is 10.7. The van der Waals surface area contributed by atoms with Crippen LogP contribution in [0.25, 0.3) is 0 Å². The summed E-state index contributed by atoms with van der Waals surface area (Å²) in [6.45, 7) is 2.43. The molecule has 2 rings (SSSR count). The number of rotatable bonds is 4. The normalized spacial score (nSPS) is 12.2. The molecule has 2 aromatic rings. The second-order valence-corrected chi connectivity index (χ2v) is 5.92. The number of aliphatic hydroxyl groups excluding tert-OH is 1. The Morgan fingerprint density at radius 3 is 2.55 bits per heavy atom. The summed E-state index contributed by atoms with van der Waals surface area (Å²) in [5.41, 5.74) is 1.35. The topological polar surface area (TPSA) is 29.5 Å². The van der Waals surface area contributed by atoms with Crippen molar-refractivity contribution in [3.8, 4) is 5.75 Å². The van der Waals surface area contributed by atoms with E-state index in [1.807, 2.05) is 25.1 Å². The van der Waals surface area contributed by atoms with E-state index in [-0.39, 0.29) is 0 Å². The van der Waals surface area contributed by atoms with Crippen molar-refractivity contribution < 1.29 is 9.84 Å². The van der Waals surface area contributed by atoms with Crippen molar-refractivity contribution in [1.82, 2.24) is 0 Å². The largest absolute Gasteiger partial charge is 0.493 e. The molecule has 1 atom stereocenters. The second kappa shape index (κ2) is 6.81. The Labute approximate surface area is 136 Å². The molecule has 0 radical (unpaired) electrons. The van der Waals surface area contributed by atoms with Crippen molar-refractivity contribution in [3.05, 3.63) is 62.0 Å². The summed E-state index contributed by atoms with van der Waals surface area (Å²) in [4.78, 5) is 0. The molecule has 0 aliphatic heterocycles. The van der Waals surface area contributed by atoms with Crippen molar-refractivity contribution in [2.45, 2.75) is 13.0 Å². The maximum atomic E-state index is 10.5. The molecule has 106 valence electrons. The Bertz CT molecular complexity index is 617. The van der Waals surface area contributed by atoms with Gasteiger partial charge >= 0.3 is 0 Å². The van der Waals surface area contributed by atoms with Gasteiger partial charge in [0.2, 0.25) is 0 Å². The van der Waals surface area contributed by atoms with Gasteiger partial charge < -0.3 is 9.84 Å². The van der Waals surface area contributed by atoms with Gasteiger partial charge in [0.25, 0.3) is 0 Å². The van der Waals surface area contributed by atoms with Gasteiger partial charge in [-0.05, 0) is 42.8 Å². The van der Waals surface area contributed by atoms with Gasteiger partial charge in [-0.2, -0.15) is 0 Å². The van der Waals surface area contributed by atoms with Gasteiger partial charge in [-0.25, -0.2) is 0 Å². The molecule has 0 aliphatic rings. The summed E-state index contributed by atoms with van der Waals surface area (Å²) in [6.07, 6.45) is -0.830. The van der Waals surface area contributed by atoms with Crippen molar-refractivity contribution in [1.29, 1.82) is 0 Å². The van der Waals surface area contributed by atoms with Gasteiger partial charge in [0, 0.05) is 10.0 Å². The van der Waals surface area contributed by atoms with Gasteiger partial charge in [0.05, 0.1) is 16.7 Å². The average molecular weight is 376 g/mol. The van der Waals surface area contributed by atoms with E-state index in [0.717, 1.165) is 4.47 Å². The first-order valence-electron chi connectivity index (χ1n) is 6.08. The Morgan fingerprint density at radius 2 is 1.90 bits per heavy atom. The lowest BCUT2D eigenvalue weighted by molar-refractivity contribution is 0.212. The number of hydrogen-bond acceptors (Lipinski definition) is 2. The predicted molar refractivity (Wildman–Crippen MR) is 85.8 cm³/mol. The third kappa shape index (κ3) is 3.47. The van der Waals surface area contributed by atoms with Crippen LogP contribution in [0.4, 0.5) is 0 Å². The minimum atomic E-state index is -0.830. The Morgan fingerprint density at radius 1 is 1.15 bits per heavy atom. The van der Waals surface area contributed by atoms with E-state index in [2.05, 4.69) is 15.9 Å². The third-order valence-electron chi connectivity index (χ3n) is 2.83. The van der Waals surface area contributed by atoms with Gasteiger partial charge in [-0.15, -0.1) is 0 Å². The number of halogens is 3. The highest BCUT2D eigenvalue weighted by molar-refractivity contribution is 9.10. The van der Waals surface area contributed by atoms with Crippen molar-refractivity contribution in [2.75, 3.05) is 6.61 Å². The molecule has 2 nitrogen and oxygen atoms in total. The quantitative estimate of drug-likeness (QED) is 0.792. The van der Waals surface area contributed by atoms with Crippen LogP contribution in [0.2, 0.25) is 10.0 Å². The van der Waals surface area contributed by atoms with Crippen LogP contribution in [0.3, 0.4) is 0 Å². The van der Waals surface area contributed by atoms with E-state index >= 15 is 0 Å². The van der Waals surface area contributed by atoms with Crippen LogP contribution in [-0.4, -0.2) is 11.7 Å². The molecule has 0 saturated heterocycles. The van der Waals surface area contributed by atoms with Crippen LogP contribution >= 0.6 is 39.1 Å². The summed E-state index contributed by atoms with van der Waals surface area (Å²) in [7, 11) is 0. The summed E-state index contributed by atoms with van der Waals surface area (Å²) >= 11 is 15.3. The van der Waals surface area contributed by atoms with E-state index in [4.69, 9.17) is 27.9 Å². The van der Waals surface area contributed by atoms with Gasteiger partial charge in [-0.3, -0.25) is 0 Å². The van der Waals surface area contributed by atoms with Crippen LogP contribution in [0.1, 0.15) is 24.2 Å². The van der Waals surface area contributed by atoms with E-state index < -0.39 is 6.10 Å². The highest BCUT2D eigenvalue weighted by atomic mass is 79.9. The number of benzene rings is 2. The van der Waals surface area contributed by atoms with E-state index in [9.17, 15) is 5.11 Å². The second-order valence-electron chi connectivity index (χ2n) is 4.19. The Hall–Kier alpha value is -0.740. The molecule has 0 aromatic heterocycles. The minimum Gasteiger partial charge on any atom is -0.493 e. The molecule has 0 fully saturated rings. The van der Waals surface area contributed by atoms with Gasteiger partial charge in [-0.1, -0.05) is 45.2 Å². The summed E-state index contributed by atoms with van der Waals surface area (Å²) < 4.78 is 6.42. The molecule has 0 spiro atoms. The highest BCUT2D eigenvalue weighted by Crippen LogP contribution is 2.34. The monoisotopic (exact) mass is 374 g/mol. The summed E-state index contributed by atoms with van der Waals surface area (Å²) in [5.74, 6) is 0.647. The average Bonchev–Trinajstić information content (AvgIpc) is 2.43. The third-order valence-corrected chi connectivity index (χ3v) is 4.06. The van der Waals surface area contributed by atoms with Crippen molar-refractivity contribution in [3.63, 3.8) is 0 Å². The lowest BCUT2D eigenvalue weighted by Gasteiger charge is -2.17. The molecule has 0 saturated carbocycles. The van der Waals surface area contributed by atoms with Crippen LogP contribution in [0, 0.1) is 0 Å². The smallest absolute Gasteiger partial charge is 0.125 e. The fraction of sp³-hybridized carbons (Fsp3) is 0.200. The van der Waals surface area contributed by atoms with Gasteiger partial charge in [0.15, 0.2) is 0 Å². The van der Waals surface area contributed by atoms with Crippen LogP contribution in [0.15, 0.2) is 40.9 Å². The molecule has 20 heavy (non-hydrogen) atoms. The molecule has 1 unspecified atom stereocenters. The summed E-state index contributed by atoms with van der Waals surface area (Å²) in [5, 5.41) is 11.4. The zero-order valence-corrected chi connectivity index (χ0v) is 13.8. The maximum absolute atomic E-state index is 10.5. The molecular weight excluding hydrogens is 363 g/mol.